The van der Waals surface area contributed by atoms with Crippen LogP contribution in [0.4, 0.5) is 5.95 Å². The summed E-state index contributed by atoms with van der Waals surface area (Å²) in [6.45, 7) is 2.52. The molecule has 0 unspecified atom stereocenters. The third kappa shape index (κ3) is 1.70. The van der Waals surface area contributed by atoms with Crippen LogP contribution in [0.1, 0.15) is 18.2 Å². The molecule has 0 saturated heterocycles. The Bertz CT molecular complexity index is 596. The summed E-state index contributed by atoms with van der Waals surface area (Å²) in [6.07, 6.45) is 1.88. The Morgan fingerprint density at radius 1 is 1.22 bits per heavy atom. The molecule has 0 bridgehead atoms. The van der Waals surface area contributed by atoms with Crippen LogP contribution in [-0.4, -0.2) is 16.6 Å². The van der Waals surface area contributed by atoms with Gasteiger partial charge in [-0.05, 0) is 30.9 Å². The van der Waals surface area contributed by atoms with Crippen molar-refractivity contribution in [3.8, 4) is 17.0 Å². The van der Waals surface area contributed by atoms with E-state index < -0.39 is 0 Å². The molecular weight excluding hydrogens is 226 g/mol. The maximum Gasteiger partial charge on any atom is 0.226 e. The molecule has 3 rings (SSSR count). The number of nitrogen functional groups attached to an aromatic ring is 1. The Kier molecular flexibility index (Phi) is 2.63. The standard InChI is InChI=1S/C14H15N3O/c1-2-18-13-12-10-6-4-3-5-9(10)7-8-11(12)16-14(15)17-13/h3-6H,2,7-8H2,1H3,(H2,15,16,17). The van der Waals surface area contributed by atoms with Gasteiger partial charge in [0.2, 0.25) is 11.8 Å². The van der Waals surface area contributed by atoms with Gasteiger partial charge in [0.15, 0.2) is 0 Å². The second-order valence-electron chi connectivity index (χ2n) is 4.30. The van der Waals surface area contributed by atoms with Crippen molar-refractivity contribution >= 4 is 5.95 Å². The zero-order valence-electron chi connectivity index (χ0n) is 10.3. The Hall–Kier alpha value is -2.10. The lowest BCUT2D eigenvalue weighted by atomic mass is 9.89. The first kappa shape index (κ1) is 11.0. The first-order valence-electron chi connectivity index (χ1n) is 6.17. The van der Waals surface area contributed by atoms with Crippen molar-refractivity contribution in [2.24, 2.45) is 0 Å². The molecule has 0 aliphatic heterocycles. The van der Waals surface area contributed by atoms with Gasteiger partial charge in [0, 0.05) is 0 Å². The monoisotopic (exact) mass is 241 g/mol. The van der Waals surface area contributed by atoms with E-state index in [9.17, 15) is 0 Å². The second kappa shape index (κ2) is 4.29. The smallest absolute Gasteiger partial charge is 0.226 e. The molecule has 2 N–H and O–H groups in total. The summed E-state index contributed by atoms with van der Waals surface area (Å²) in [5.41, 5.74) is 10.2. The molecule has 0 atom stereocenters. The van der Waals surface area contributed by atoms with Crippen molar-refractivity contribution in [3.63, 3.8) is 0 Å². The molecule has 18 heavy (non-hydrogen) atoms. The minimum Gasteiger partial charge on any atom is -0.477 e. The molecule has 4 heteroatoms. The highest BCUT2D eigenvalue weighted by Crippen LogP contribution is 2.38. The number of fused-ring (bicyclic) bond motifs is 3. The van der Waals surface area contributed by atoms with Crippen molar-refractivity contribution in [3.05, 3.63) is 35.5 Å². The maximum atomic E-state index is 5.73. The SMILES string of the molecule is CCOc1nc(N)nc2c1-c1ccccc1CC2. The van der Waals surface area contributed by atoms with Gasteiger partial charge < -0.3 is 10.5 Å². The summed E-state index contributed by atoms with van der Waals surface area (Å²) in [7, 11) is 0. The number of aryl methyl sites for hydroxylation is 2. The molecule has 1 aromatic carbocycles. The molecule has 1 heterocycles. The second-order valence-corrected chi connectivity index (χ2v) is 4.30. The number of nitrogens with two attached hydrogens (primary N) is 1. The van der Waals surface area contributed by atoms with Crippen molar-refractivity contribution in [2.75, 3.05) is 12.3 Å². The van der Waals surface area contributed by atoms with E-state index in [4.69, 9.17) is 10.5 Å². The van der Waals surface area contributed by atoms with Crippen LogP contribution in [0.5, 0.6) is 5.88 Å². The van der Waals surface area contributed by atoms with Gasteiger partial charge >= 0.3 is 0 Å². The van der Waals surface area contributed by atoms with Gasteiger partial charge in [0.25, 0.3) is 0 Å². The molecule has 0 amide bonds. The minimum atomic E-state index is 0.289. The molecule has 1 aromatic heterocycles. The van der Waals surface area contributed by atoms with E-state index in [1.165, 1.54) is 11.1 Å². The molecule has 0 radical (unpaired) electrons. The summed E-state index contributed by atoms with van der Waals surface area (Å²) >= 11 is 0. The molecule has 0 saturated carbocycles. The highest BCUT2D eigenvalue weighted by Gasteiger charge is 2.22. The van der Waals surface area contributed by atoms with Gasteiger partial charge in [-0.25, -0.2) is 4.98 Å². The molecule has 2 aromatic rings. The summed E-state index contributed by atoms with van der Waals surface area (Å²) in [6, 6.07) is 8.32. The fourth-order valence-corrected chi connectivity index (χ4v) is 2.43. The molecule has 4 nitrogen and oxygen atoms in total. The van der Waals surface area contributed by atoms with Crippen LogP contribution in [0, 0.1) is 0 Å². The highest BCUT2D eigenvalue weighted by atomic mass is 16.5. The van der Waals surface area contributed by atoms with Crippen molar-refractivity contribution in [1.29, 1.82) is 0 Å². The molecule has 0 fully saturated rings. The van der Waals surface area contributed by atoms with Crippen LogP contribution in [0.2, 0.25) is 0 Å². The number of ether oxygens (including phenoxy) is 1. The van der Waals surface area contributed by atoms with Crippen LogP contribution in [0.15, 0.2) is 24.3 Å². The van der Waals surface area contributed by atoms with E-state index in [2.05, 4.69) is 28.2 Å². The molecular formula is C14H15N3O. The zero-order chi connectivity index (χ0) is 12.5. The van der Waals surface area contributed by atoms with E-state index in [1.54, 1.807) is 0 Å². The average Bonchev–Trinajstić information content (AvgIpc) is 2.38. The maximum absolute atomic E-state index is 5.73. The Morgan fingerprint density at radius 2 is 2.06 bits per heavy atom. The van der Waals surface area contributed by atoms with Gasteiger partial charge in [-0.15, -0.1) is 0 Å². The van der Waals surface area contributed by atoms with Gasteiger partial charge in [0.1, 0.15) is 0 Å². The molecule has 1 aliphatic rings. The number of benzene rings is 1. The largest absolute Gasteiger partial charge is 0.477 e. The summed E-state index contributed by atoms with van der Waals surface area (Å²) in [5, 5.41) is 0. The average molecular weight is 241 g/mol. The van der Waals surface area contributed by atoms with Crippen LogP contribution < -0.4 is 10.5 Å². The normalized spacial score (nSPS) is 12.7. The third-order valence-corrected chi connectivity index (χ3v) is 3.17. The van der Waals surface area contributed by atoms with E-state index in [-0.39, 0.29) is 5.95 Å². The van der Waals surface area contributed by atoms with Crippen molar-refractivity contribution in [2.45, 2.75) is 19.8 Å². The number of hydrogen-bond acceptors (Lipinski definition) is 4. The fraction of sp³-hybridized carbons (Fsp3) is 0.286. The lowest BCUT2D eigenvalue weighted by Crippen LogP contribution is -2.12. The third-order valence-electron chi connectivity index (χ3n) is 3.17. The lowest BCUT2D eigenvalue weighted by Gasteiger charge is -2.21. The van der Waals surface area contributed by atoms with Crippen LogP contribution in [0.25, 0.3) is 11.1 Å². The first-order valence-corrected chi connectivity index (χ1v) is 6.17. The van der Waals surface area contributed by atoms with Crippen LogP contribution in [0.3, 0.4) is 0 Å². The van der Waals surface area contributed by atoms with Gasteiger partial charge in [-0.2, -0.15) is 4.98 Å². The summed E-state index contributed by atoms with van der Waals surface area (Å²) in [4.78, 5) is 8.56. The Morgan fingerprint density at radius 3 is 2.89 bits per heavy atom. The van der Waals surface area contributed by atoms with Crippen molar-refractivity contribution < 1.29 is 4.74 Å². The van der Waals surface area contributed by atoms with E-state index >= 15 is 0 Å². The lowest BCUT2D eigenvalue weighted by molar-refractivity contribution is 0.327. The number of anilines is 1. The molecule has 1 aliphatic carbocycles. The number of hydrogen-bond donors (Lipinski definition) is 1. The van der Waals surface area contributed by atoms with Crippen molar-refractivity contribution in [1.82, 2.24) is 9.97 Å². The number of rotatable bonds is 2. The quantitative estimate of drug-likeness (QED) is 0.875. The van der Waals surface area contributed by atoms with Gasteiger partial charge in [-0.3, -0.25) is 0 Å². The topological polar surface area (TPSA) is 61.0 Å². The summed E-state index contributed by atoms with van der Waals surface area (Å²) < 4.78 is 5.61. The first-order chi connectivity index (χ1) is 8.79. The van der Waals surface area contributed by atoms with E-state index in [1.807, 2.05) is 13.0 Å². The fourth-order valence-electron chi connectivity index (χ4n) is 2.43. The highest BCUT2D eigenvalue weighted by molar-refractivity contribution is 5.76. The zero-order valence-corrected chi connectivity index (χ0v) is 10.3. The predicted octanol–water partition coefficient (Wildman–Crippen LogP) is 2.22. The van der Waals surface area contributed by atoms with E-state index in [0.29, 0.717) is 12.5 Å². The molecule has 92 valence electrons. The van der Waals surface area contributed by atoms with Gasteiger partial charge in [0.05, 0.1) is 17.9 Å². The van der Waals surface area contributed by atoms with Crippen LogP contribution >= 0.6 is 0 Å². The van der Waals surface area contributed by atoms with Gasteiger partial charge in [-0.1, -0.05) is 24.3 Å². The predicted molar refractivity (Wildman–Crippen MR) is 70.5 cm³/mol. The minimum absolute atomic E-state index is 0.289. The van der Waals surface area contributed by atoms with E-state index in [0.717, 1.165) is 24.1 Å². The Balaban J connectivity index is 2.24. The summed E-state index contributed by atoms with van der Waals surface area (Å²) in [5.74, 6) is 0.892. The molecule has 0 spiro atoms. The number of aromatic nitrogens is 2. The Labute approximate surface area is 106 Å². The number of nitrogens with zero attached hydrogens (tertiary/aromatic N) is 2. The van der Waals surface area contributed by atoms with Crippen LogP contribution in [-0.2, 0) is 12.8 Å².